The van der Waals surface area contributed by atoms with E-state index in [1.54, 1.807) is 6.07 Å². The summed E-state index contributed by atoms with van der Waals surface area (Å²) >= 11 is 0. The Morgan fingerprint density at radius 2 is 1.91 bits per heavy atom. The zero-order chi connectivity index (χ0) is 24.0. The van der Waals surface area contributed by atoms with Crippen molar-refractivity contribution in [2.45, 2.75) is 51.9 Å². The second-order valence-electron chi connectivity index (χ2n) is 9.56. The van der Waals surface area contributed by atoms with Gasteiger partial charge in [-0.25, -0.2) is 9.97 Å². The van der Waals surface area contributed by atoms with Gasteiger partial charge in [0.2, 0.25) is 5.82 Å². The molecular weight excluding hydrogens is 444 g/mol. The fourth-order valence-corrected chi connectivity index (χ4v) is 4.82. The van der Waals surface area contributed by atoms with Crippen LogP contribution < -0.4 is 10.1 Å². The van der Waals surface area contributed by atoms with Crippen LogP contribution in [0.2, 0.25) is 0 Å². The molecule has 2 aliphatic rings. The molecule has 1 aliphatic carbocycles. The molecule has 9 heteroatoms. The number of anilines is 1. The van der Waals surface area contributed by atoms with Crippen LogP contribution in [0.3, 0.4) is 0 Å². The minimum atomic E-state index is -0.370. The summed E-state index contributed by atoms with van der Waals surface area (Å²) in [6.07, 6.45) is 9.32. The van der Waals surface area contributed by atoms with Crippen LogP contribution >= 0.6 is 0 Å². The lowest BCUT2D eigenvalue weighted by Gasteiger charge is -2.22. The molecule has 2 aromatic heterocycles. The van der Waals surface area contributed by atoms with E-state index in [2.05, 4.69) is 30.5 Å². The minimum absolute atomic E-state index is 0.192. The number of aryl methyl sites for hydroxylation is 1. The monoisotopic (exact) mass is 476 g/mol. The van der Waals surface area contributed by atoms with Crippen LogP contribution in [0.15, 0.2) is 30.6 Å². The summed E-state index contributed by atoms with van der Waals surface area (Å²) in [6.45, 7) is 4.31. The first-order chi connectivity index (χ1) is 17.1. The van der Waals surface area contributed by atoms with Crippen molar-refractivity contribution in [2.75, 3.05) is 25.1 Å². The number of H-pyrrole nitrogens is 1. The predicted octanol–water partition coefficient (Wildman–Crippen LogP) is 4.36. The average molecular weight is 477 g/mol. The third-order valence-corrected chi connectivity index (χ3v) is 6.93. The molecule has 0 spiro atoms. The number of hydrogen-bond acceptors (Lipinski definition) is 7. The maximum absolute atomic E-state index is 12.7. The van der Waals surface area contributed by atoms with Crippen molar-refractivity contribution < 1.29 is 14.3 Å². The number of aromatic amines is 1. The molecule has 0 atom stereocenters. The molecule has 0 unspecified atom stereocenters. The van der Waals surface area contributed by atoms with Gasteiger partial charge in [0, 0.05) is 31.3 Å². The average Bonchev–Trinajstić information content (AvgIpc) is 3.57. The zero-order valence-corrected chi connectivity index (χ0v) is 20.1. The Balaban J connectivity index is 1.24. The summed E-state index contributed by atoms with van der Waals surface area (Å²) in [7, 11) is 0. The van der Waals surface area contributed by atoms with Gasteiger partial charge in [0.05, 0.1) is 12.3 Å². The Bertz CT molecular complexity index is 1150. The Labute approximate surface area is 205 Å². The summed E-state index contributed by atoms with van der Waals surface area (Å²) in [5.41, 5.74) is 2.71. The van der Waals surface area contributed by atoms with Gasteiger partial charge in [-0.3, -0.25) is 4.79 Å². The van der Waals surface area contributed by atoms with Crippen LogP contribution in [-0.4, -0.2) is 50.9 Å². The molecular formula is C26H32N6O3. The van der Waals surface area contributed by atoms with E-state index in [4.69, 9.17) is 9.47 Å². The van der Waals surface area contributed by atoms with Gasteiger partial charge in [0.15, 0.2) is 0 Å². The zero-order valence-electron chi connectivity index (χ0n) is 20.1. The van der Waals surface area contributed by atoms with Gasteiger partial charge in [-0.15, -0.1) is 10.2 Å². The van der Waals surface area contributed by atoms with Crippen LogP contribution in [0.25, 0.3) is 11.3 Å². The molecule has 0 bridgehead atoms. The largest absolute Gasteiger partial charge is 0.493 e. The molecule has 2 N–H and O–H groups in total. The predicted molar refractivity (Wildman–Crippen MR) is 131 cm³/mol. The lowest BCUT2D eigenvalue weighted by atomic mass is 10.0. The molecule has 1 aliphatic heterocycles. The number of carbonyl (C=O) groups is 1. The van der Waals surface area contributed by atoms with Gasteiger partial charge in [-0.2, -0.15) is 0 Å². The summed E-state index contributed by atoms with van der Waals surface area (Å²) in [6, 6.07) is 7.76. The molecule has 184 valence electrons. The molecule has 1 amide bonds. The van der Waals surface area contributed by atoms with Gasteiger partial charge >= 0.3 is 0 Å². The van der Waals surface area contributed by atoms with Crippen molar-refractivity contribution in [3.63, 3.8) is 0 Å². The highest BCUT2D eigenvalue weighted by atomic mass is 16.5. The number of hydrogen-bond donors (Lipinski definition) is 2. The van der Waals surface area contributed by atoms with Gasteiger partial charge in [0.1, 0.15) is 23.7 Å². The fraction of sp³-hybridized carbons (Fsp3) is 0.500. The molecule has 3 aromatic rings. The van der Waals surface area contributed by atoms with Gasteiger partial charge in [-0.1, -0.05) is 31.7 Å². The topological polar surface area (TPSA) is 115 Å². The van der Waals surface area contributed by atoms with E-state index in [1.165, 1.54) is 32.0 Å². The summed E-state index contributed by atoms with van der Waals surface area (Å²) in [5.74, 6) is 2.94. The molecule has 35 heavy (non-hydrogen) atoms. The third-order valence-electron chi connectivity index (χ3n) is 6.93. The number of ether oxygens (including phenoxy) is 2. The number of amides is 1. The van der Waals surface area contributed by atoms with Crippen LogP contribution in [0.4, 0.5) is 5.82 Å². The third kappa shape index (κ3) is 6.03. The van der Waals surface area contributed by atoms with E-state index in [0.29, 0.717) is 30.0 Å². The van der Waals surface area contributed by atoms with Crippen molar-refractivity contribution in [2.24, 2.45) is 11.8 Å². The van der Waals surface area contributed by atoms with Gasteiger partial charge in [-0.05, 0) is 49.3 Å². The Morgan fingerprint density at radius 1 is 1.09 bits per heavy atom. The first-order valence-electron chi connectivity index (χ1n) is 12.5. The van der Waals surface area contributed by atoms with Gasteiger partial charge < -0.3 is 19.8 Å². The van der Waals surface area contributed by atoms with Crippen molar-refractivity contribution in [3.05, 3.63) is 47.8 Å². The van der Waals surface area contributed by atoms with E-state index < -0.39 is 0 Å². The maximum Gasteiger partial charge on any atom is 0.294 e. The molecule has 1 saturated carbocycles. The molecule has 1 saturated heterocycles. The number of nitrogens with one attached hydrogen (secondary N) is 2. The fourth-order valence-electron chi connectivity index (χ4n) is 4.82. The lowest BCUT2D eigenvalue weighted by molar-refractivity contribution is 0.0497. The normalized spacial score (nSPS) is 16.9. The summed E-state index contributed by atoms with van der Waals surface area (Å²) in [5, 5.41) is 11.0. The smallest absolute Gasteiger partial charge is 0.294 e. The van der Waals surface area contributed by atoms with Crippen molar-refractivity contribution in [1.29, 1.82) is 0 Å². The van der Waals surface area contributed by atoms with E-state index >= 15 is 0 Å². The second-order valence-corrected chi connectivity index (χ2v) is 9.56. The highest BCUT2D eigenvalue weighted by molar-refractivity contribution is 6.01. The van der Waals surface area contributed by atoms with E-state index in [-0.39, 0.29) is 11.7 Å². The number of carbonyl (C=O) groups excluding carboxylic acids is 1. The molecule has 3 heterocycles. The molecule has 1 aromatic carbocycles. The van der Waals surface area contributed by atoms with Crippen molar-refractivity contribution in [3.8, 4) is 17.0 Å². The van der Waals surface area contributed by atoms with Crippen molar-refractivity contribution in [1.82, 2.24) is 25.1 Å². The number of rotatable bonds is 8. The van der Waals surface area contributed by atoms with E-state index in [1.807, 2.05) is 25.1 Å². The van der Waals surface area contributed by atoms with E-state index in [9.17, 15) is 4.79 Å². The quantitative estimate of drug-likeness (QED) is 0.496. The SMILES string of the molecule is Cc1ccc(OCC2CCOCC2)cc1-c1cc(NC(=O)c2nnc(CC3CCCC3)[nH]2)ncn1. The van der Waals surface area contributed by atoms with Crippen molar-refractivity contribution >= 4 is 11.7 Å². The Morgan fingerprint density at radius 3 is 2.74 bits per heavy atom. The minimum Gasteiger partial charge on any atom is -0.493 e. The number of nitrogens with zero attached hydrogens (tertiary/aromatic N) is 4. The first-order valence-corrected chi connectivity index (χ1v) is 12.5. The Hall–Kier alpha value is -3.33. The number of benzene rings is 1. The standard InChI is InChI=1S/C26H32N6O3/c1-17-6-7-20(35-15-19-8-10-34-11-9-19)13-21(17)22-14-23(28-16-27-22)30-26(33)25-29-24(31-32-25)12-18-4-2-3-5-18/h6-7,13-14,16,18-19H,2-5,8-12,15H2,1H3,(H,29,31,32)(H,27,28,30,33). The maximum atomic E-state index is 12.7. The summed E-state index contributed by atoms with van der Waals surface area (Å²) < 4.78 is 11.5. The molecule has 2 fully saturated rings. The van der Waals surface area contributed by atoms with Gasteiger partial charge in [0.25, 0.3) is 5.91 Å². The first kappa shape index (κ1) is 23.4. The van der Waals surface area contributed by atoms with Crippen LogP contribution in [-0.2, 0) is 11.2 Å². The summed E-state index contributed by atoms with van der Waals surface area (Å²) in [4.78, 5) is 24.5. The Kier molecular flexibility index (Phi) is 7.32. The highest BCUT2D eigenvalue weighted by Gasteiger charge is 2.20. The highest BCUT2D eigenvalue weighted by Crippen LogP contribution is 2.29. The van der Waals surface area contributed by atoms with Crippen LogP contribution in [0, 0.1) is 18.8 Å². The lowest BCUT2D eigenvalue weighted by Crippen LogP contribution is -2.21. The van der Waals surface area contributed by atoms with Crippen LogP contribution in [0.1, 0.15) is 60.5 Å². The number of aromatic nitrogens is 5. The molecule has 9 nitrogen and oxygen atoms in total. The molecule has 5 rings (SSSR count). The second kappa shape index (κ2) is 10.9. The molecule has 0 radical (unpaired) electrons. The van der Waals surface area contributed by atoms with E-state index in [0.717, 1.165) is 55.2 Å². The van der Waals surface area contributed by atoms with Crippen LogP contribution in [0.5, 0.6) is 5.75 Å².